The maximum Gasteiger partial charge on any atom is 0.240 e. The van der Waals surface area contributed by atoms with Gasteiger partial charge in [-0.25, -0.2) is 0 Å². The molecular weight excluding hydrogens is 381 g/mol. The zero-order chi connectivity index (χ0) is 19.3. The molecule has 0 fully saturated rings. The predicted octanol–water partition coefficient (Wildman–Crippen LogP) is 5.44. The van der Waals surface area contributed by atoms with Crippen molar-refractivity contribution in [1.82, 2.24) is 0 Å². The van der Waals surface area contributed by atoms with Gasteiger partial charge in [-0.05, 0) is 54.0 Å². The van der Waals surface area contributed by atoms with Crippen LogP contribution >= 0.6 is 23.2 Å². The summed E-state index contributed by atoms with van der Waals surface area (Å²) in [5.41, 5.74) is 2.62. The van der Waals surface area contributed by atoms with Crippen LogP contribution < -0.4 is 5.32 Å². The summed E-state index contributed by atoms with van der Waals surface area (Å²) < 4.78 is 0. The minimum Gasteiger partial charge on any atom is -0.325 e. The van der Waals surface area contributed by atoms with E-state index in [1.807, 2.05) is 31.2 Å². The van der Waals surface area contributed by atoms with Crippen molar-refractivity contribution >= 4 is 40.6 Å². The molecule has 0 unspecified atom stereocenters. The van der Waals surface area contributed by atoms with Crippen LogP contribution in [0.5, 0.6) is 0 Å². The molecule has 2 aliphatic rings. The Morgan fingerprint density at radius 1 is 1.15 bits per heavy atom. The third-order valence-electron chi connectivity index (χ3n) is 5.38. The number of amides is 1. The lowest BCUT2D eigenvalue weighted by Crippen LogP contribution is -2.46. The van der Waals surface area contributed by atoms with E-state index in [-0.39, 0.29) is 24.0 Å². The van der Waals surface area contributed by atoms with Crippen molar-refractivity contribution in [2.24, 2.45) is 0 Å². The zero-order valence-electron chi connectivity index (χ0n) is 14.7. The van der Waals surface area contributed by atoms with Gasteiger partial charge in [-0.1, -0.05) is 53.6 Å². The van der Waals surface area contributed by atoms with Gasteiger partial charge in [-0.15, -0.1) is 0 Å². The van der Waals surface area contributed by atoms with E-state index in [1.54, 1.807) is 24.3 Å². The van der Waals surface area contributed by atoms with Crippen LogP contribution in [0.2, 0.25) is 10.0 Å². The third-order valence-corrected chi connectivity index (χ3v) is 5.85. The lowest BCUT2D eigenvalue weighted by atomic mass is 9.58. The summed E-state index contributed by atoms with van der Waals surface area (Å²) in [6.07, 6.45) is 1.78. The molecule has 2 aromatic rings. The fourth-order valence-electron chi connectivity index (χ4n) is 4.35. The number of carbonyl (C=O) groups is 2. The number of benzene rings is 2. The molecule has 1 spiro atoms. The molecule has 136 valence electrons. The Labute approximate surface area is 167 Å². The van der Waals surface area contributed by atoms with Crippen molar-refractivity contribution < 1.29 is 9.59 Å². The molecule has 27 heavy (non-hydrogen) atoms. The second-order valence-corrected chi connectivity index (χ2v) is 7.94. The van der Waals surface area contributed by atoms with Crippen LogP contribution in [0.4, 0.5) is 5.69 Å². The van der Waals surface area contributed by atoms with Crippen molar-refractivity contribution in [1.29, 1.82) is 0 Å². The molecule has 1 amide bonds. The van der Waals surface area contributed by atoms with Gasteiger partial charge >= 0.3 is 0 Å². The Morgan fingerprint density at radius 2 is 1.89 bits per heavy atom. The Kier molecular flexibility index (Phi) is 4.25. The van der Waals surface area contributed by atoms with E-state index in [9.17, 15) is 9.59 Å². The first-order valence-corrected chi connectivity index (χ1v) is 9.37. The highest BCUT2D eigenvalue weighted by Gasteiger charge is 2.57. The molecule has 1 aliphatic carbocycles. The van der Waals surface area contributed by atoms with Gasteiger partial charge in [-0.3, -0.25) is 9.59 Å². The van der Waals surface area contributed by atoms with E-state index in [2.05, 4.69) is 11.9 Å². The Bertz CT molecular complexity index is 1040. The van der Waals surface area contributed by atoms with E-state index in [0.29, 0.717) is 26.9 Å². The number of allylic oxidation sites excluding steroid dienone is 2. The van der Waals surface area contributed by atoms with Gasteiger partial charge in [0.15, 0.2) is 5.78 Å². The summed E-state index contributed by atoms with van der Waals surface area (Å²) >= 11 is 12.4. The summed E-state index contributed by atoms with van der Waals surface area (Å²) in [5.74, 6) is -0.590. The number of ketones is 1. The van der Waals surface area contributed by atoms with E-state index in [1.165, 1.54) is 0 Å². The molecule has 2 atom stereocenters. The van der Waals surface area contributed by atoms with Crippen LogP contribution in [-0.2, 0) is 15.0 Å². The molecule has 0 saturated carbocycles. The predicted molar refractivity (Wildman–Crippen MR) is 108 cm³/mol. The quantitative estimate of drug-likeness (QED) is 0.732. The first-order chi connectivity index (χ1) is 12.8. The van der Waals surface area contributed by atoms with E-state index in [4.69, 9.17) is 23.2 Å². The molecule has 1 N–H and O–H groups in total. The minimum atomic E-state index is -1.04. The normalized spacial score (nSPS) is 23.8. The number of fused-ring (bicyclic) bond motifs is 2. The second-order valence-electron chi connectivity index (χ2n) is 7.07. The summed E-state index contributed by atoms with van der Waals surface area (Å²) in [5, 5.41) is 4.07. The molecule has 1 heterocycles. The fraction of sp³-hybridized carbons (Fsp3) is 0.182. The standard InChI is InChI=1S/C22H17Cl2NO2/c1-12(2)18-10-16(26)11-19(13-4-3-5-14(23)8-13)22(18)17-7-6-15(24)9-20(17)25-21(22)27/h3-10,19H,1,11H2,2H3,(H,25,27)/t19-,22+/m0/s1. The van der Waals surface area contributed by atoms with Gasteiger partial charge in [-0.2, -0.15) is 0 Å². The Morgan fingerprint density at radius 3 is 2.59 bits per heavy atom. The van der Waals surface area contributed by atoms with E-state index in [0.717, 1.165) is 11.1 Å². The smallest absolute Gasteiger partial charge is 0.240 e. The molecule has 2 aromatic carbocycles. The Balaban J connectivity index is 2.06. The molecular formula is C22H17Cl2NO2. The molecule has 0 radical (unpaired) electrons. The maximum absolute atomic E-state index is 13.4. The van der Waals surface area contributed by atoms with Crippen molar-refractivity contribution in [3.8, 4) is 0 Å². The van der Waals surface area contributed by atoms with Crippen molar-refractivity contribution in [2.75, 3.05) is 5.32 Å². The highest BCUT2D eigenvalue weighted by Crippen LogP contribution is 2.56. The number of hydrogen-bond donors (Lipinski definition) is 1. The van der Waals surface area contributed by atoms with Crippen LogP contribution in [0.1, 0.15) is 30.4 Å². The molecule has 3 nitrogen and oxygen atoms in total. The van der Waals surface area contributed by atoms with Gasteiger partial charge in [0, 0.05) is 28.1 Å². The first-order valence-electron chi connectivity index (χ1n) is 8.62. The molecule has 0 saturated heterocycles. The van der Waals surface area contributed by atoms with Crippen LogP contribution in [0, 0.1) is 0 Å². The van der Waals surface area contributed by atoms with Gasteiger partial charge < -0.3 is 5.32 Å². The van der Waals surface area contributed by atoms with Crippen molar-refractivity contribution in [2.45, 2.75) is 24.7 Å². The summed E-state index contributed by atoms with van der Waals surface area (Å²) in [4.78, 5) is 26.0. The van der Waals surface area contributed by atoms with Gasteiger partial charge in [0.05, 0.1) is 0 Å². The molecule has 4 rings (SSSR count). The second kappa shape index (κ2) is 6.36. The highest BCUT2D eigenvalue weighted by molar-refractivity contribution is 6.31. The number of carbonyl (C=O) groups excluding carboxylic acids is 2. The zero-order valence-corrected chi connectivity index (χ0v) is 16.2. The SMILES string of the molecule is C=C(C)C1=CC(=O)C[C@@H](c2cccc(Cl)c2)[C@]12C(=O)Nc1cc(Cl)ccc12. The molecule has 5 heteroatoms. The van der Waals surface area contributed by atoms with Crippen LogP contribution in [-0.4, -0.2) is 11.7 Å². The molecule has 0 bridgehead atoms. The first kappa shape index (κ1) is 18.0. The van der Waals surface area contributed by atoms with Gasteiger partial charge in [0.2, 0.25) is 5.91 Å². The maximum atomic E-state index is 13.4. The number of hydrogen-bond acceptors (Lipinski definition) is 2. The van der Waals surface area contributed by atoms with Crippen LogP contribution in [0.3, 0.4) is 0 Å². The monoisotopic (exact) mass is 397 g/mol. The average Bonchev–Trinajstić information content (AvgIpc) is 2.88. The topological polar surface area (TPSA) is 46.2 Å². The van der Waals surface area contributed by atoms with Crippen LogP contribution in [0.15, 0.2) is 66.3 Å². The van der Waals surface area contributed by atoms with Gasteiger partial charge in [0.1, 0.15) is 5.41 Å². The Hall–Kier alpha value is -2.36. The van der Waals surface area contributed by atoms with Gasteiger partial charge in [0.25, 0.3) is 0 Å². The highest BCUT2D eigenvalue weighted by atomic mass is 35.5. The van der Waals surface area contributed by atoms with E-state index < -0.39 is 5.41 Å². The minimum absolute atomic E-state index is 0.0289. The number of nitrogens with one attached hydrogen (secondary N) is 1. The van der Waals surface area contributed by atoms with Crippen LogP contribution in [0.25, 0.3) is 0 Å². The summed E-state index contributed by atoms with van der Waals surface area (Å²) in [6, 6.07) is 12.7. The molecule has 1 aliphatic heterocycles. The van der Waals surface area contributed by atoms with E-state index >= 15 is 0 Å². The number of rotatable bonds is 2. The van der Waals surface area contributed by atoms with Crippen molar-refractivity contribution in [3.05, 3.63) is 87.4 Å². The average molecular weight is 398 g/mol. The lowest BCUT2D eigenvalue weighted by Gasteiger charge is -2.41. The van der Waals surface area contributed by atoms with Crippen molar-refractivity contribution in [3.63, 3.8) is 0 Å². The largest absolute Gasteiger partial charge is 0.325 e. The third kappa shape index (κ3) is 2.65. The lowest BCUT2D eigenvalue weighted by molar-refractivity contribution is -0.122. The molecule has 0 aromatic heterocycles. The summed E-state index contributed by atoms with van der Waals surface area (Å²) in [7, 11) is 0. The fourth-order valence-corrected chi connectivity index (χ4v) is 4.72. The summed E-state index contributed by atoms with van der Waals surface area (Å²) in [6.45, 7) is 5.87. The number of anilines is 1. The number of halogens is 2.